The van der Waals surface area contributed by atoms with Crippen molar-refractivity contribution in [3.63, 3.8) is 0 Å². The predicted octanol–water partition coefficient (Wildman–Crippen LogP) is 4.91. The van der Waals surface area contributed by atoms with Gasteiger partial charge in [-0.25, -0.2) is 0 Å². The number of nitrogens with one attached hydrogen (secondary N) is 2. The Morgan fingerprint density at radius 3 is 2.45 bits per heavy atom. The molecule has 0 saturated carbocycles. The Hall–Kier alpha value is -3.34. The molecule has 0 spiro atoms. The van der Waals surface area contributed by atoms with Crippen LogP contribution < -0.4 is 15.5 Å². The third-order valence-corrected chi connectivity index (χ3v) is 4.91. The molecule has 5 heteroatoms. The van der Waals surface area contributed by atoms with Gasteiger partial charge >= 0.3 is 0 Å². The van der Waals surface area contributed by atoms with E-state index in [4.69, 9.17) is 0 Å². The fourth-order valence-electron chi connectivity index (χ4n) is 3.23. The molecule has 0 aliphatic rings. The van der Waals surface area contributed by atoms with E-state index in [2.05, 4.69) is 59.5 Å². The van der Waals surface area contributed by atoms with Crippen LogP contribution in [0.4, 0.5) is 17.1 Å². The van der Waals surface area contributed by atoms with Crippen LogP contribution in [0.3, 0.4) is 0 Å². The van der Waals surface area contributed by atoms with Gasteiger partial charge in [-0.15, -0.1) is 0 Å². The van der Waals surface area contributed by atoms with E-state index in [9.17, 15) is 4.79 Å². The van der Waals surface area contributed by atoms with Gasteiger partial charge in [0, 0.05) is 42.9 Å². The second-order valence-electron chi connectivity index (χ2n) is 6.89. The number of pyridine rings is 1. The first-order valence-electron chi connectivity index (χ1n) is 10.0. The van der Waals surface area contributed by atoms with E-state index in [1.54, 1.807) is 12.3 Å². The summed E-state index contributed by atoms with van der Waals surface area (Å²) >= 11 is 0. The molecule has 2 N–H and O–H groups in total. The van der Waals surface area contributed by atoms with Gasteiger partial charge < -0.3 is 15.5 Å². The molecule has 0 radical (unpaired) electrons. The number of benzene rings is 2. The van der Waals surface area contributed by atoms with Crippen LogP contribution in [-0.4, -0.2) is 24.0 Å². The molecule has 0 aliphatic heterocycles. The number of carbonyl (C=O) groups is 1. The molecule has 150 valence electrons. The van der Waals surface area contributed by atoms with Crippen molar-refractivity contribution in [2.24, 2.45) is 0 Å². The number of carbonyl (C=O) groups excluding carboxylic acids is 1. The number of amides is 1. The summed E-state index contributed by atoms with van der Waals surface area (Å²) in [5.74, 6) is -0.189. The summed E-state index contributed by atoms with van der Waals surface area (Å²) in [6.45, 7) is 8.84. The van der Waals surface area contributed by atoms with Gasteiger partial charge in [0.15, 0.2) is 0 Å². The third kappa shape index (κ3) is 5.35. The van der Waals surface area contributed by atoms with Crippen molar-refractivity contribution >= 4 is 23.0 Å². The zero-order valence-corrected chi connectivity index (χ0v) is 17.3. The van der Waals surface area contributed by atoms with E-state index in [0.717, 1.165) is 35.6 Å². The van der Waals surface area contributed by atoms with E-state index in [1.807, 2.05) is 36.4 Å². The largest absolute Gasteiger partial charge is 0.372 e. The van der Waals surface area contributed by atoms with E-state index in [-0.39, 0.29) is 5.91 Å². The van der Waals surface area contributed by atoms with E-state index < -0.39 is 0 Å². The first-order valence-corrected chi connectivity index (χ1v) is 10.0. The molecule has 1 heterocycles. The maximum atomic E-state index is 12.5. The summed E-state index contributed by atoms with van der Waals surface area (Å²) in [6, 6.07) is 19.9. The molecule has 5 nitrogen and oxygen atoms in total. The minimum Gasteiger partial charge on any atom is -0.372 e. The standard InChI is InChI=1S/C24H28N4O/c1-4-28(5-2)21-11-12-22(18(3)15-21)27-20-13-14-25-23(16-20)24(29)26-17-19-9-7-6-8-10-19/h6-16H,4-5,17H2,1-3H3,(H,25,27)(H,26,29). The molecule has 0 aliphatic carbocycles. The van der Waals surface area contributed by atoms with Crippen molar-refractivity contribution < 1.29 is 4.79 Å². The summed E-state index contributed by atoms with van der Waals surface area (Å²) < 4.78 is 0. The minimum absolute atomic E-state index is 0.189. The molecule has 3 aromatic rings. The van der Waals surface area contributed by atoms with Gasteiger partial charge in [-0.05, 0) is 62.2 Å². The lowest BCUT2D eigenvalue weighted by molar-refractivity contribution is 0.0946. The van der Waals surface area contributed by atoms with Crippen LogP contribution in [0.15, 0.2) is 66.9 Å². The third-order valence-electron chi connectivity index (χ3n) is 4.91. The lowest BCUT2D eigenvalue weighted by Crippen LogP contribution is -2.23. The monoisotopic (exact) mass is 388 g/mol. The molecule has 1 aromatic heterocycles. The number of aromatic nitrogens is 1. The molecular formula is C24H28N4O. The first-order chi connectivity index (χ1) is 14.1. The number of anilines is 3. The average Bonchev–Trinajstić information content (AvgIpc) is 2.75. The zero-order chi connectivity index (χ0) is 20.6. The van der Waals surface area contributed by atoms with Crippen LogP contribution in [0.25, 0.3) is 0 Å². The van der Waals surface area contributed by atoms with Gasteiger partial charge in [0.1, 0.15) is 5.69 Å². The van der Waals surface area contributed by atoms with Crippen molar-refractivity contribution in [3.05, 3.63) is 83.7 Å². The Balaban J connectivity index is 1.68. The van der Waals surface area contributed by atoms with Crippen LogP contribution in [-0.2, 0) is 6.54 Å². The van der Waals surface area contributed by atoms with Crippen LogP contribution in [0.2, 0.25) is 0 Å². The number of aryl methyl sites for hydroxylation is 1. The lowest BCUT2D eigenvalue weighted by atomic mass is 10.1. The van der Waals surface area contributed by atoms with E-state index in [1.165, 1.54) is 5.69 Å². The highest BCUT2D eigenvalue weighted by Crippen LogP contribution is 2.25. The summed E-state index contributed by atoms with van der Waals surface area (Å²) in [4.78, 5) is 19.0. The Kier molecular flexibility index (Phi) is 6.85. The maximum Gasteiger partial charge on any atom is 0.270 e. The molecule has 0 fully saturated rings. The Morgan fingerprint density at radius 2 is 1.76 bits per heavy atom. The summed E-state index contributed by atoms with van der Waals surface area (Å²) in [6.07, 6.45) is 1.65. The molecule has 0 unspecified atom stereocenters. The number of hydrogen-bond donors (Lipinski definition) is 2. The SMILES string of the molecule is CCN(CC)c1ccc(Nc2ccnc(C(=O)NCc3ccccc3)c2)c(C)c1. The molecule has 3 rings (SSSR count). The lowest BCUT2D eigenvalue weighted by Gasteiger charge is -2.22. The fraction of sp³-hybridized carbons (Fsp3) is 0.250. The number of rotatable bonds is 8. The van der Waals surface area contributed by atoms with Crippen LogP contribution in [0.5, 0.6) is 0 Å². The van der Waals surface area contributed by atoms with Gasteiger partial charge in [-0.3, -0.25) is 9.78 Å². The van der Waals surface area contributed by atoms with Crippen LogP contribution in [0, 0.1) is 6.92 Å². The Morgan fingerprint density at radius 1 is 1.00 bits per heavy atom. The Labute approximate surface area is 172 Å². The molecule has 0 atom stereocenters. The molecule has 0 bridgehead atoms. The van der Waals surface area contributed by atoms with E-state index in [0.29, 0.717) is 12.2 Å². The summed E-state index contributed by atoms with van der Waals surface area (Å²) in [7, 11) is 0. The van der Waals surface area contributed by atoms with Gasteiger partial charge in [-0.1, -0.05) is 30.3 Å². The van der Waals surface area contributed by atoms with Gasteiger partial charge in [0.25, 0.3) is 5.91 Å². The van der Waals surface area contributed by atoms with E-state index >= 15 is 0 Å². The maximum absolute atomic E-state index is 12.5. The zero-order valence-electron chi connectivity index (χ0n) is 17.3. The molecule has 1 amide bonds. The van der Waals surface area contributed by atoms with Crippen molar-refractivity contribution in [3.8, 4) is 0 Å². The quantitative estimate of drug-likeness (QED) is 0.576. The molecule has 2 aromatic carbocycles. The highest BCUT2D eigenvalue weighted by Gasteiger charge is 2.09. The van der Waals surface area contributed by atoms with Crippen molar-refractivity contribution in [1.29, 1.82) is 0 Å². The number of hydrogen-bond acceptors (Lipinski definition) is 4. The van der Waals surface area contributed by atoms with Crippen molar-refractivity contribution in [2.75, 3.05) is 23.3 Å². The highest BCUT2D eigenvalue weighted by atomic mass is 16.1. The normalized spacial score (nSPS) is 10.4. The summed E-state index contributed by atoms with van der Waals surface area (Å²) in [5.41, 5.74) is 5.67. The minimum atomic E-state index is -0.189. The van der Waals surface area contributed by atoms with Gasteiger partial charge in [0.05, 0.1) is 0 Å². The fourth-order valence-corrected chi connectivity index (χ4v) is 3.23. The van der Waals surface area contributed by atoms with Gasteiger partial charge in [-0.2, -0.15) is 0 Å². The predicted molar refractivity (Wildman–Crippen MR) is 120 cm³/mol. The second-order valence-corrected chi connectivity index (χ2v) is 6.89. The Bertz CT molecular complexity index is 952. The number of nitrogens with zero attached hydrogens (tertiary/aromatic N) is 2. The molecule has 29 heavy (non-hydrogen) atoms. The first kappa shape index (κ1) is 20.4. The average molecular weight is 389 g/mol. The summed E-state index contributed by atoms with van der Waals surface area (Å²) in [5, 5.41) is 6.32. The van der Waals surface area contributed by atoms with Crippen molar-refractivity contribution in [2.45, 2.75) is 27.3 Å². The van der Waals surface area contributed by atoms with Crippen LogP contribution >= 0.6 is 0 Å². The smallest absolute Gasteiger partial charge is 0.270 e. The molecular weight excluding hydrogens is 360 g/mol. The molecule has 0 saturated heterocycles. The topological polar surface area (TPSA) is 57.3 Å². The van der Waals surface area contributed by atoms with Crippen LogP contribution in [0.1, 0.15) is 35.5 Å². The second kappa shape index (κ2) is 9.73. The van der Waals surface area contributed by atoms with Crippen molar-refractivity contribution in [1.82, 2.24) is 10.3 Å². The van der Waals surface area contributed by atoms with Gasteiger partial charge in [0.2, 0.25) is 0 Å². The highest BCUT2D eigenvalue weighted by molar-refractivity contribution is 5.93.